The molecule has 4 heteroatoms. The molecule has 110 valence electrons. The predicted molar refractivity (Wildman–Crippen MR) is 82.7 cm³/mol. The number of halogens is 1. The van der Waals surface area contributed by atoms with Crippen LogP contribution in [0.25, 0.3) is 0 Å². The fraction of sp³-hybridized carbons (Fsp3) is 0.235. The van der Waals surface area contributed by atoms with Crippen molar-refractivity contribution < 1.29 is 9.18 Å². The van der Waals surface area contributed by atoms with Gasteiger partial charge in [-0.05, 0) is 42.7 Å². The van der Waals surface area contributed by atoms with Crippen LogP contribution < -0.4 is 10.6 Å². The lowest BCUT2D eigenvalue weighted by atomic mass is 10.1. The average molecular weight is 286 g/mol. The zero-order valence-electron chi connectivity index (χ0n) is 12.2. The van der Waals surface area contributed by atoms with Crippen LogP contribution >= 0.6 is 0 Å². The van der Waals surface area contributed by atoms with Crippen LogP contribution in [0.15, 0.2) is 42.5 Å². The number of benzene rings is 2. The Morgan fingerprint density at radius 2 is 1.90 bits per heavy atom. The molecule has 3 nitrogen and oxygen atoms in total. The molecule has 0 spiro atoms. The van der Waals surface area contributed by atoms with Gasteiger partial charge in [-0.3, -0.25) is 4.79 Å². The number of amides is 1. The maximum atomic E-state index is 13.6. The monoisotopic (exact) mass is 286 g/mol. The van der Waals surface area contributed by atoms with E-state index in [1.165, 1.54) is 6.07 Å². The summed E-state index contributed by atoms with van der Waals surface area (Å²) in [5, 5.41) is 5.62. The van der Waals surface area contributed by atoms with Crippen LogP contribution in [-0.2, 0) is 11.3 Å². The van der Waals surface area contributed by atoms with Crippen LogP contribution in [0.5, 0.6) is 0 Å². The lowest BCUT2D eigenvalue weighted by Crippen LogP contribution is -2.29. The first-order valence-electron chi connectivity index (χ1n) is 6.87. The molecule has 2 N–H and O–H groups in total. The second-order valence-electron chi connectivity index (χ2n) is 5.04. The van der Waals surface area contributed by atoms with Gasteiger partial charge in [-0.2, -0.15) is 0 Å². The van der Waals surface area contributed by atoms with Gasteiger partial charge in [0, 0.05) is 6.54 Å². The molecule has 2 rings (SSSR count). The molecular formula is C17H19FN2O. The summed E-state index contributed by atoms with van der Waals surface area (Å²) in [6, 6.07) is 12.8. The summed E-state index contributed by atoms with van der Waals surface area (Å²) in [5.74, 6) is -0.514. The molecule has 0 heterocycles. The standard InChI is InChI=1S/C17H19FN2O/c1-12-7-8-16(15(18)9-12)19-11-17(21)20-10-14-6-4-3-5-13(14)2/h3-9,19H,10-11H2,1-2H3,(H,20,21). The number of anilines is 1. The van der Waals surface area contributed by atoms with Gasteiger partial charge in [0.2, 0.25) is 5.91 Å². The Labute approximate surface area is 124 Å². The molecule has 21 heavy (non-hydrogen) atoms. The van der Waals surface area contributed by atoms with E-state index < -0.39 is 0 Å². The van der Waals surface area contributed by atoms with Gasteiger partial charge in [0.1, 0.15) is 5.82 Å². The Morgan fingerprint density at radius 1 is 1.14 bits per heavy atom. The largest absolute Gasteiger partial charge is 0.374 e. The van der Waals surface area contributed by atoms with Crippen molar-refractivity contribution in [3.8, 4) is 0 Å². The number of hydrogen-bond donors (Lipinski definition) is 2. The molecule has 0 aliphatic rings. The van der Waals surface area contributed by atoms with Crippen molar-refractivity contribution in [3.63, 3.8) is 0 Å². The van der Waals surface area contributed by atoms with Crippen molar-refractivity contribution in [2.45, 2.75) is 20.4 Å². The molecule has 2 aromatic carbocycles. The highest BCUT2D eigenvalue weighted by molar-refractivity contribution is 5.80. The summed E-state index contributed by atoms with van der Waals surface area (Å²) < 4.78 is 13.6. The molecule has 2 aromatic rings. The van der Waals surface area contributed by atoms with Gasteiger partial charge in [0.15, 0.2) is 0 Å². The van der Waals surface area contributed by atoms with Crippen LogP contribution in [0.2, 0.25) is 0 Å². The number of carbonyl (C=O) groups excluding carboxylic acids is 1. The first-order chi connectivity index (χ1) is 10.1. The van der Waals surface area contributed by atoms with Gasteiger partial charge in [-0.15, -0.1) is 0 Å². The molecular weight excluding hydrogens is 267 g/mol. The Kier molecular flexibility index (Phi) is 4.93. The minimum absolute atomic E-state index is 0.0475. The molecule has 0 fully saturated rings. The number of aryl methyl sites for hydroxylation is 2. The second-order valence-corrected chi connectivity index (χ2v) is 5.04. The van der Waals surface area contributed by atoms with E-state index in [2.05, 4.69) is 10.6 Å². The third kappa shape index (κ3) is 4.31. The molecule has 0 atom stereocenters. The van der Waals surface area contributed by atoms with E-state index in [1.807, 2.05) is 38.1 Å². The Morgan fingerprint density at radius 3 is 2.62 bits per heavy atom. The molecule has 0 saturated carbocycles. The van der Waals surface area contributed by atoms with Crippen LogP contribution in [0, 0.1) is 19.7 Å². The SMILES string of the molecule is Cc1ccc(NCC(=O)NCc2ccccc2C)c(F)c1. The zero-order chi connectivity index (χ0) is 15.2. The normalized spacial score (nSPS) is 10.2. The number of nitrogens with one attached hydrogen (secondary N) is 2. The molecule has 0 aliphatic carbocycles. The smallest absolute Gasteiger partial charge is 0.239 e. The van der Waals surface area contributed by atoms with Gasteiger partial charge in [-0.1, -0.05) is 30.3 Å². The maximum Gasteiger partial charge on any atom is 0.239 e. The van der Waals surface area contributed by atoms with Crippen molar-refractivity contribution in [2.24, 2.45) is 0 Å². The Hall–Kier alpha value is -2.36. The molecule has 0 unspecified atom stereocenters. The van der Waals surface area contributed by atoms with Crippen molar-refractivity contribution in [1.29, 1.82) is 0 Å². The highest BCUT2D eigenvalue weighted by Crippen LogP contribution is 2.14. The van der Waals surface area contributed by atoms with Crippen molar-refractivity contribution >= 4 is 11.6 Å². The van der Waals surface area contributed by atoms with Crippen LogP contribution in [0.1, 0.15) is 16.7 Å². The fourth-order valence-corrected chi connectivity index (χ4v) is 2.00. The van der Waals surface area contributed by atoms with E-state index in [-0.39, 0.29) is 18.3 Å². The molecule has 1 amide bonds. The van der Waals surface area contributed by atoms with Crippen LogP contribution in [0.3, 0.4) is 0 Å². The van der Waals surface area contributed by atoms with E-state index >= 15 is 0 Å². The Bertz CT molecular complexity index is 640. The summed E-state index contributed by atoms with van der Waals surface area (Å²) in [6.45, 7) is 4.35. The van der Waals surface area contributed by atoms with Crippen molar-refractivity contribution in [1.82, 2.24) is 5.32 Å². The van der Waals surface area contributed by atoms with E-state index in [0.717, 1.165) is 16.7 Å². The van der Waals surface area contributed by atoms with Crippen molar-refractivity contribution in [2.75, 3.05) is 11.9 Å². The van der Waals surface area contributed by atoms with Gasteiger partial charge < -0.3 is 10.6 Å². The molecule has 0 aromatic heterocycles. The quantitative estimate of drug-likeness (QED) is 0.886. The molecule has 0 radical (unpaired) electrons. The van der Waals surface area contributed by atoms with E-state index in [0.29, 0.717) is 12.2 Å². The van der Waals surface area contributed by atoms with Gasteiger partial charge in [0.05, 0.1) is 12.2 Å². The second kappa shape index (κ2) is 6.88. The highest BCUT2D eigenvalue weighted by atomic mass is 19.1. The Balaban J connectivity index is 1.84. The first-order valence-corrected chi connectivity index (χ1v) is 6.87. The lowest BCUT2D eigenvalue weighted by molar-refractivity contribution is -0.119. The zero-order valence-corrected chi connectivity index (χ0v) is 12.2. The number of rotatable bonds is 5. The van der Waals surface area contributed by atoms with Gasteiger partial charge in [-0.25, -0.2) is 4.39 Å². The van der Waals surface area contributed by atoms with E-state index in [9.17, 15) is 9.18 Å². The van der Waals surface area contributed by atoms with Crippen LogP contribution in [-0.4, -0.2) is 12.5 Å². The fourth-order valence-electron chi connectivity index (χ4n) is 2.00. The topological polar surface area (TPSA) is 41.1 Å². The van der Waals surface area contributed by atoms with Crippen LogP contribution in [0.4, 0.5) is 10.1 Å². The summed E-state index contributed by atoms with van der Waals surface area (Å²) in [4.78, 5) is 11.8. The summed E-state index contributed by atoms with van der Waals surface area (Å²) >= 11 is 0. The molecule has 0 saturated heterocycles. The van der Waals surface area contributed by atoms with E-state index in [1.54, 1.807) is 12.1 Å². The number of hydrogen-bond acceptors (Lipinski definition) is 2. The third-order valence-corrected chi connectivity index (χ3v) is 3.30. The minimum Gasteiger partial charge on any atom is -0.374 e. The summed E-state index contributed by atoms with van der Waals surface area (Å²) in [5.41, 5.74) is 3.40. The third-order valence-electron chi connectivity index (χ3n) is 3.30. The van der Waals surface area contributed by atoms with Gasteiger partial charge >= 0.3 is 0 Å². The summed E-state index contributed by atoms with van der Waals surface area (Å²) in [6.07, 6.45) is 0. The first kappa shape index (κ1) is 15.0. The average Bonchev–Trinajstić information content (AvgIpc) is 2.45. The lowest BCUT2D eigenvalue weighted by Gasteiger charge is -2.10. The highest BCUT2D eigenvalue weighted by Gasteiger charge is 2.05. The molecule has 0 aliphatic heterocycles. The summed E-state index contributed by atoms with van der Waals surface area (Å²) in [7, 11) is 0. The predicted octanol–water partition coefficient (Wildman–Crippen LogP) is 3.17. The maximum absolute atomic E-state index is 13.6. The van der Waals surface area contributed by atoms with E-state index in [4.69, 9.17) is 0 Å². The minimum atomic E-state index is -0.346. The van der Waals surface area contributed by atoms with Gasteiger partial charge in [0.25, 0.3) is 0 Å². The number of carbonyl (C=O) groups is 1. The molecule has 0 bridgehead atoms. The van der Waals surface area contributed by atoms with Crippen molar-refractivity contribution in [3.05, 3.63) is 65.0 Å².